The van der Waals surface area contributed by atoms with Crippen LogP contribution in [0.4, 0.5) is 0 Å². The van der Waals surface area contributed by atoms with Gasteiger partial charge in [0.25, 0.3) is 0 Å². The molecule has 6 N–H and O–H groups in total. The van der Waals surface area contributed by atoms with Gasteiger partial charge in [-0.2, -0.15) is 0 Å². The third kappa shape index (κ3) is 40.6. The van der Waals surface area contributed by atoms with E-state index in [2.05, 4.69) is 0 Å². The zero-order chi connectivity index (χ0) is 0. The van der Waals surface area contributed by atoms with Crippen molar-refractivity contribution in [1.29, 1.82) is 0 Å². The molecule has 0 aromatic carbocycles. The summed E-state index contributed by atoms with van der Waals surface area (Å²) in [7, 11) is 0. The molecule has 0 aromatic heterocycles. The molecule has 0 saturated heterocycles. The fourth-order valence-corrected chi connectivity index (χ4v) is 0. The molecule has 0 aliphatic carbocycles. The van der Waals surface area contributed by atoms with Crippen LogP contribution in [0.3, 0.4) is 0 Å². The molecule has 0 rings (SSSR count). The van der Waals surface area contributed by atoms with E-state index in [1.54, 1.807) is 0 Å². The molecule has 29 valence electrons. The molecule has 0 spiro atoms. The van der Waals surface area contributed by atoms with Crippen LogP contribution < -0.4 is 0 Å². The summed E-state index contributed by atoms with van der Waals surface area (Å²) < 4.78 is 0. The molecule has 5 heavy (non-hydrogen) atoms. The summed E-state index contributed by atoms with van der Waals surface area (Å²) in [5.74, 6) is 0. The Labute approximate surface area is 57.0 Å². The maximum absolute atomic E-state index is 0. The van der Waals surface area contributed by atoms with Crippen molar-refractivity contribution in [2.45, 2.75) is 0 Å². The molecule has 0 heterocycles. The van der Waals surface area contributed by atoms with Crippen molar-refractivity contribution in [2.75, 3.05) is 0 Å². The molecule has 0 saturated carbocycles. The summed E-state index contributed by atoms with van der Waals surface area (Å²) in [6.45, 7) is 0. The number of hydrogen-bond donors (Lipinski definition) is 0. The Hall–Kier alpha value is 1.10. The first-order valence-corrected chi connectivity index (χ1v) is 0. The Morgan fingerprint density at radius 1 is 0.600 bits per heavy atom. The van der Waals surface area contributed by atoms with Crippen molar-refractivity contribution in [3.63, 3.8) is 0 Å². The van der Waals surface area contributed by atoms with Gasteiger partial charge in [0.2, 0.25) is 0 Å². The van der Waals surface area contributed by atoms with Crippen molar-refractivity contribution in [3.8, 4) is 0 Å². The van der Waals surface area contributed by atoms with Crippen LogP contribution in [0.1, 0.15) is 0 Å². The van der Waals surface area contributed by atoms with Gasteiger partial charge in [-0.15, -0.1) is 0 Å². The van der Waals surface area contributed by atoms with Crippen LogP contribution in [-0.4, -0.2) is 57.0 Å². The average Bonchev–Trinajstić information content (AvgIpc) is 0. The average molecular weight is 105 g/mol. The van der Waals surface area contributed by atoms with E-state index < -0.39 is 0 Å². The van der Waals surface area contributed by atoms with Crippen LogP contribution in [0.2, 0.25) is 0 Å². The van der Waals surface area contributed by atoms with E-state index >= 15 is 0 Å². The minimum atomic E-state index is 0. The van der Waals surface area contributed by atoms with Crippen molar-refractivity contribution in [2.24, 2.45) is 0 Å². The van der Waals surface area contributed by atoms with E-state index in [1.165, 1.54) is 0 Å². The molecule has 5 radical (unpaired) electrons. The van der Waals surface area contributed by atoms with Gasteiger partial charge in [0, 0.05) is 40.5 Å². The molecule has 3 nitrogen and oxygen atoms in total. The van der Waals surface area contributed by atoms with E-state index in [0.717, 1.165) is 0 Å². The summed E-state index contributed by atoms with van der Waals surface area (Å²) in [4.78, 5) is 0. The van der Waals surface area contributed by atoms with E-state index in [9.17, 15) is 0 Å². The Balaban J connectivity index is 0. The van der Waals surface area contributed by atoms with Gasteiger partial charge in [-0.1, -0.05) is 0 Å². The Morgan fingerprint density at radius 2 is 0.600 bits per heavy atom. The van der Waals surface area contributed by atoms with Crippen LogP contribution >= 0.6 is 0 Å². The normalized spacial score (nSPS) is 0. The monoisotopic (exact) mass is 105 g/mol. The molecule has 0 amide bonds. The van der Waals surface area contributed by atoms with Crippen LogP contribution in [0.5, 0.6) is 0 Å². The van der Waals surface area contributed by atoms with Gasteiger partial charge < -0.3 is 16.4 Å². The number of rotatable bonds is 0. The van der Waals surface area contributed by atoms with Gasteiger partial charge in [-0.3, -0.25) is 0 Å². The fraction of sp³-hybridized carbons (Fsp3) is 0. The molecule has 0 atom stereocenters. The first kappa shape index (κ1) is 132. The summed E-state index contributed by atoms with van der Waals surface area (Å²) in [6, 6.07) is 0. The van der Waals surface area contributed by atoms with Crippen molar-refractivity contribution >= 4 is 40.5 Å². The molecule has 0 fully saturated rings. The van der Waals surface area contributed by atoms with Gasteiger partial charge in [0.15, 0.2) is 0 Å². The van der Waals surface area contributed by atoms with Crippen LogP contribution in [0.15, 0.2) is 0 Å². The number of hydrogen-bond acceptors (Lipinski definition) is 0. The molecular weight excluding hydrogens is 99.1 g/mol. The van der Waals surface area contributed by atoms with Crippen molar-refractivity contribution in [1.82, 2.24) is 0 Å². The minimum Gasteiger partial charge on any atom is -0.412 e. The summed E-state index contributed by atoms with van der Waals surface area (Å²) in [5, 5.41) is 0. The molecule has 5 heteroatoms. The maximum Gasteiger partial charge on any atom is 0 e. The first-order valence-electron chi connectivity index (χ1n) is 0. The standard InChI is InChI=1S/Na.3H2O.Si/h;3*1H2;. The molecule has 0 aromatic rings. The van der Waals surface area contributed by atoms with E-state index in [1.807, 2.05) is 0 Å². The van der Waals surface area contributed by atoms with Crippen molar-refractivity contribution in [3.05, 3.63) is 0 Å². The SMILES string of the molecule is O.O.O.[Na].[Si]. The maximum atomic E-state index is 0. The van der Waals surface area contributed by atoms with E-state index in [-0.39, 0.29) is 57.0 Å². The zero-order valence-electron chi connectivity index (χ0n) is 3.00. The largest absolute Gasteiger partial charge is 0.412 e. The molecule has 0 unspecified atom stereocenters. The fourth-order valence-electron chi connectivity index (χ4n) is 0. The Kier molecular flexibility index (Phi) is 1870. The van der Waals surface area contributed by atoms with Gasteiger partial charge in [0.1, 0.15) is 0 Å². The van der Waals surface area contributed by atoms with Gasteiger partial charge in [-0.25, -0.2) is 0 Å². The zero-order valence-corrected chi connectivity index (χ0v) is 6.00. The third-order valence-electron chi connectivity index (χ3n) is 0. The summed E-state index contributed by atoms with van der Waals surface area (Å²) >= 11 is 0. The van der Waals surface area contributed by atoms with Crippen LogP contribution in [0, 0.1) is 0 Å². The minimum absolute atomic E-state index is 0. The van der Waals surface area contributed by atoms with Gasteiger partial charge >= 0.3 is 0 Å². The van der Waals surface area contributed by atoms with E-state index in [0.29, 0.717) is 0 Å². The van der Waals surface area contributed by atoms with Crippen LogP contribution in [-0.2, 0) is 0 Å². The summed E-state index contributed by atoms with van der Waals surface area (Å²) in [6.07, 6.45) is 0. The topological polar surface area (TPSA) is 94.5 Å². The molecule has 0 aliphatic heterocycles. The summed E-state index contributed by atoms with van der Waals surface area (Å²) in [5.41, 5.74) is 0. The third-order valence-corrected chi connectivity index (χ3v) is 0. The molecule has 0 aliphatic rings. The quantitative estimate of drug-likeness (QED) is 0.289. The first-order chi connectivity index (χ1) is 0. The predicted molar refractivity (Wildman–Crippen MR) is 22.3 cm³/mol. The van der Waals surface area contributed by atoms with Gasteiger partial charge in [0.05, 0.1) is 0 Å². The second-order valence-electron chi connectivity index (χ2n) is 0. The second-order valence-corrected chi connectivity index (χ2v) is 0. The second kappa shape index (κ2) is 71.1. The smallest absolute Gasteiger partial charge is 0 e. The molecular formula is H6NaO3Si. The van der Waals surface area contributed by atoms with Gasteiger partial charge in [-0.05, 0) is 0 Å². The van der Waals surface area contributed by atoms with Crippen molar-refractivity contribution < 1.29 is 16.4 Å². The van der Waals surface area contributed by atoms with Crippen LogP contribution in [0.25, 0.3) is 0 Å². The Bertz CT molecular complexity index is 6.85. The molecule has 0 bridgehead atoms. The Morgan fingerprint density at radius 3 is 0.600 bits per heavy atom. The predicted octanol–water partition coefficient (Wildman–Crippen LogP) is -3.24. The van der Waals surface area contributed by atoms with E-state index in [4.69, 9.17) is 0 Å².